The van der Waals surface area contributed by atoms with Crippen molar-refractivity contribution in [2.45, 2.75) is 32.7 Å². The maximum atomic E-state index is 4.63. The van der Waals surface area contributed by atoms with Crippen LogP contribution < -0.4 is 4.90 Å². The van der Waals surface area contributed by atoms with Gasteiger partial charge in [-0.1, -0.05) is 0 Å². The molecule has 0 unspecified atom stereocenters. The lowest BCUT2D eigenvalue weighted by Gasteiger charge is -2.25. The molecule has 0 aromatic carbocycles. The summed E-state index contributed by atoms with van der Waals surface area (Å²) in [5.74, 6) is 1.59. The molecule has 0 saturated carbocycles. The van der Waals surface area contributed by atoms with Crippen LogP contribution in [0.4, 0.5) is 5.95 Å². The van der Waals surface area contributed by atoms with Crippen molar-refractivity contribution < 1.29 is 0 Å². The van der Waals surface area contributed by atoms with Crippen molar-refractivity contribution in [1.82, 2.24) is 29.5 Å². The van der Waals surface area contributed by atoms with Gasteiger partial charge in [0, 0.05) is 42.7 Å². The molecule has 1 saturated heterocycles. The molecule has 1 fully saturated rings. The average Bonchev–Trinajstić information content (AvgIpc) is 3.26. The van der Waals surface area contributed by atoms with Crippen molar-refractivity contribution >= 4 is 5.95 Å². The minimum Gasteiger partial charge on any atom is -0.332 e. The van der Waals surface area contributed by atoms with Crippen LogP contribution in [0.2, 0.25) is 0 Å². The summed E-state index contributed by atoms with van der Waals surface area (Å²) in [6, 6.07) is 2.12. The first kappa shape index (κ1) is 14.7. The first-order valence-corrected chi connectivity index (χ1v) is 8.10. The summed E-state index contributed by atoms with van der Waals surface area (Å²) in [5, 5.41) is 0. The van der Waals surface area contributed by atoms with Crippen LogP contribution in [0.3, 0.4) is 0 Å². The predicted octanol–water partition coefficient (Wildman–Crippen LogP) is 2.41. The Labute approximate surface area is 140 Å². The van der Waals surface area contributed by atoms with Gasteiger partial charge in [0.25, 0.3) is 0 Å². The van der Waals surface area contributed by atoms with Gasteiger partial charge in [-0.3, -0.25) is 9.55 Å². The molecule has 0 bridgehead atoms. The van der Waals surface area contributed by atoms with Gasteiger partial charge in [-0.05, 0) is 32.8 Å². The molecular formula is C17H19N7. The van der Waals surface area contributed by atoms with Crippen molar-refractivity contribution in [2.75, 3.05) is 11.4 Å². The molecule has 3 aromatic rings. The molecule has 1 atom stereocenters. The lowest BCUT2D eigenvalue weighted by atomic mass is 10.1. The smallest absolute Gasteiger partial charge is 0.226 e. The van der Waals surface area contributed by atoms with E-state index in [-0.39, 0.29) is 6.04 Å². The molecule has 7 heteroatoms. The van der Waals surface area contributed by atoms with E-state index in [4.69, 9.17) is 0 Å². The molecule has 1 aliphatic heterocycles. The molecule has 0 aliphatic carbocycles. The lowest BCUT2D eigenvalue weighted by molar-refractivity contribution is 0.664. The summed E-state index contributed by atoms with van der Waals surface area (Å²) < 4.78 is 1.90. The summed E-state index contributed by atoms with van der Waals surface area (Å²) in [6.07, 6.45) is 10.9. The quantitative estimate of drug-likeness (QED) is 0.737. The van der Waals surface area contributed by atoms with Crippen molar-refractivity contribution in [3.05, 3.63) is 54.3 Å². The average molecular weight is 321 g/mol. The molecule has 122 valence electrons. The van der Waals surface area contributed by atoms with Crippen LogP contribution in [0, 0.1) is 13.8 Å². The third-order valence-electron chi connectivity index (χ3n) is 4.25. The number of hydrogen-bond acceptors (Lipinski definition) is 6. The zero-order chi connectivity index (χ0) is 16.5. The van der Waals surface area contributed by atoms with Crippen LogP contribution in [0.5, 0.6) is 0 Å². The molecule has 0 spiro atoms. The number of rotatable bonds is 3. The first-order chi connectivity index (χ1) is 11.7. The molecular weight excluding hydrogens is 302 g/mol. The second kappa shape index (κ2) is 5.99. The summed E-state index contributed by atoms with van der Waals surface area (Å²) in [5.41, 5.74) is 2.91. The van der Waals surface area contributed by atoms with Crippen LogP contribution >= 0.6 is 0 Å². The van der Waals surface area contributed by atoms with Crippen LogP contribution in [0.25, 0.3) is 5.82 Å². The third-order valence-corrected chi connectivity index (χ3v) is 4.25. The Morgan fingerprint density at radius 2 is 1.83 bits per heavy atom. The molecule has 4 rings (SSSR count). The molecule has 24 heavy (non-hydrogen) atoms. The number of hydrogen-bond donors (Lipinski definition) is 0. The fourth-order valence-corrected chi connectivity index (χ4v) is 3.29. The third kappa shape index (κ3) is 2.62. The second-order valence-electron chi connectivity index (χ2n) is 6.04. The normalized spacial score (nSPS) is 17.4. The van der Waals surface area contributed by atoms with Crippen molar-refractivity contribution in [1.29, 1.82) is 0 Å². The highest BCUT2D eigenvalue weighted by Crippen LogP contribution is 2.35. The molecule has 0 radical (unpaired) electrons. The highest BCUT2D eigenvalue weighted by atomic mass is 15.3. The zero-order valence-corrected chi connectivity index (χ0v) is 13.8. The predicted molar refractivity (Wildman–Crippen MR) is 90.0 cm³/mol. The lowest BCUT2D eigenvalue weighted by Crippen LogP contribution is -2.27. The number of nitrogens with zero attached hydrogens (tertiary/aromatic N) is 7. The van der Waals surface area contributed by atoms with E-state index in [2.05, 4.69) is 29.8 Å². The van der Waals surface area contributed by atoms with E-state index in [0.717, 1.165) is 48.2 Å². The van der Waals surface area contributed by atoms with Crippen LogP contribution in [0.1, 0.15) is 36.0 Å². The van der Waals surface area contributed by atoms with E-state index >= 15 is 0 Å². The van der Waals surface area contributed by atoms with Gasteiger partial charge in [0.2, 0.25) is 5.95 Å². The molecule has 3 aromatic heterocycles. The summed E-state index contributed by atoms with van der Waals surface area (Å²) in [4.78, 5) is 24.8. The van der Waals surface area contributed by atoms with Gasteiger partial charge in [-0.25, -0.2) is 19.9 Å². The summed E-state index contributed by atoms with van der Waals surface area (Å²) >= 11 is 0. The van der Waals surface area contributed by atoms with Gasteiger partial charge in [0.05, 0.1) is 6.04 Å². The maximum Gasteiger partial charge on any atom is 0.226 e. The highest BCUT2D eigenvalue weighted by Gasteiger charge is 2.31. The molecule has 0 amide bonds. The molecule has 1 aliphatic rings. The Hall–Kier alpha value is -2.83. The number of imidazole rings is 1. The van der Waals surface area contributed by atoms with E-state index < -0.39 is 0 Å². The van der Waals surface area contributed by atoms with E-state index in [1.54, 1.807) is 24.9 Å². The standard InChI is InChI=1S/C17H19N7/c1-12-10-13(2)22-17(21-12)24-8-3-4-14(24)15-16(20-6-5-19-15)23-9-7-18-11-23/h5-7,9-11,14H,3-4,8H2,1-2H3/t14-/m1/s1. The van der Waals surface area contributed by atoms with Crippen molar-refractivity contribution in [2.24, 2.45) is 0 Å². The second-order valence-corrected chi connectivity index (χ2v) is 6.04. The summed E-state index contributed by atoms with van der Waals surface area (Å²) in [6.45, 7) is 4.93. The van der Waals surface area contributed by atoms with Gasteiger partial charge in [-0.15, -0.1) is 0 Å². The maximum absolute atomic E-state index is 4.63. The fraction of sp³-hybridized carbons (Fsp3) is 0.353. The molecule has 4 heterocycles. The Morgan fingerprint density at radius 1 is 1.04 bits per heavy atom. The van der Waals surface area contributed by atoms with E-state index in [9.17, 15) is 0 Å². The Morgan fingerprint density at radius 3 is 2.58 bits per heavy atom. The topological polar surface area (TPSA) is 72.6 Å². The van der Waals surface area contributed by atoms with Crippen LogP contribution in [0.15, 0.2) is 37.2 Å². The van der Waals surface area contributed by atoms with Gasteiger partial charge < -0.3 is 4.90 Å². The largest absolute Gasteiger partial charge is 0.332 e. The zero-order valence-electron chi connectivity index (χ0n) is 13.8. The van der Waals surface area contributed by atoms with Gasteiger partial charge >= 0.3 is 0 Å². The summed E-state index contributed by atoms with van der Waals surface area (Å²) in [7, 11) is 0. The first-order valence-electron chi connectivity index (χ1n) is 8.10. The highest BCUT2D eigenvalue weighted by molar-refractivity contribution is 5.42. The van der Waals surface area contributed by atoms with Gasteiger partial charge in [0.1, 0.15) is 12.0 Å². The fourth-order valence-electron chi connectivity index (χ4n) is 3.29. The van der Waals surface area contributed by atoms with Crippen molar-refractivity contribution in [3.63, 3.8) is 0 Å². The van der Waals surface area contributed by atoms with Crippen molar-refractivity contribution in [3.8, 4) is 5.82 Å². The number of aromatic nitrogens is 6. The van der Waals surface area contributed by atoms with Gasteiger partial charge in [-0.2, -0.15) is 0 Å². The van der Waals surface area contributed by atoms with E-state index in [1.807, 2.05) is 30.7 Å². The Balaban J connectivity index is 1.76. The number of aryl methyl sites for hydroxylation is 2. The van der Waals surface area contributed by atoms with E-state index in [1.165, 1.54) is 0 Å². The van der Waals surface area contributed by atoms with Crippen LogP contribution in [-0.4, -0.2) is 36.0 Å². The van der Waals surface area contributed by atoms with Crippen LogP contribution in [-0.2, 0) is 0 Å². The van der Waals surface area contributed by atoms with E-state index in [0.29, 0.717) is 0 Å². The Kier molecular flexibility index (Phi) is 3.68. The molecule has 7 nitrogen and oxygen atoms in total. The van der Waals surface area contributed by atoms with Gasteiger partial charge in [0.15, 0.2) is 5.82 Å². The Bertz CT molecular complexity index is 824. The minimum atomic E-state index is 0.122. The number of anilines is 1. The monoisotopic (exact) mass is 321 g/mol. The SMILES string of the molecule is Cc1cc(C)nc(N2CCC[C@@H]2c2nccnc2-n2ccnc2)n1. The minimum absolute atomic E-state index is 0.122. The molecule has 0 N–H and O–H groups in total.